The molecule has 2 aromatic heterocycles. The molecule has 3 aromatic rings. The van der Waals surface area contributed by atoms with E-state index in [9.17, 15) is 4.79 Å². The van der Waals surface area contributed by atoms with Gasteiger partial charge in [-0.25, -0.2) is 0 Å². The van der Waals surface area contributed by atoms with Crippen molar-refractivity contribution >= 4 is 16.8 Å². The summed E-state index contributed by atoms with van der Waals surface area (Å²) in [6, 6.07) is 8.24. The number of aryl methyl sites for hydroxylation is 2. The Kier molecular flexibility index (Phi) is 3.96. The molecule has 0 bridgehead atoms. The maximum absolute atomic E-state index is 12.1. The quantitative estimate of drug-likeness (QED) is 0.760. The molecule has 3 rings (SSSR count). The molecule has 0 aliphatic heterocycles. The summed E-state index contributed by atoms with van der Waals surface area (Å²) in [6.45, 7) is 2.01. The summed E-state index contributed by atoms with van der Waals surface area (Å²) in [7, 11) is 1.88. The number of aromatic nitrogens is 3. The van der Waals surface area contributed by atoms with Crippen LogP contribution in [-0.4, -0.2) is 20.7 Å². The van der Waals surface area contributed by atoms with Crippen molar-refractivity contribution in [3.8, 4) is 0 Å². The fourth-order valence-electron chi connectivity index (χ4n) is 2.60. The zero-order valence-electron chi connectivity index (χ0n) is 12.8. The molecule has 0 saturated carbocycles. The highest BCUT2D eigenvalue weighted by molar-refractivity contribution is 5.80. The first-order valence-corrected chi connectivity index (χ1v) is 7.46. The molecule has 1 unspecified atom stereocenters. The van der Waals surface area contributed by atoms with E-state index in [1.165, 1.54) is 0 Å². The lowest BCUT2D eigenvalue weighted by Gasteiger charge is -2.14. The molecule has 1 amide bonds. The monoisotopic (exact) mass is 296 g/mol. The van der Waals surface area contributed by atoms with Crippen LogP contribution in [0.25, 0.3) is 10.9 Å². The molecule has 0 saturated heterocycles. The van der Waals surface area contributed by atoms with E-state index in [2.05, 4.69) is 21.5 Å². The van der Waals surface area contributed by atoms with Crippen LogP contribution in [-0.2, 0) is 18.3 Å². The predicted molar refractivity (Wildman–Crippen MR) is 86.4 cm³/mol. The van der Waals surface area contributed by atoms with Gasteiger partial charge in [-0.15, -0.1) is 0 Å². The number of carbonyl (C=O) groups excluding carboxylic acids is 1. The van der Waals surface area contributed by atoms with E-state index >= 15 is 0 Å². The van der Waals surface area contributed by atoms with Crippen molar-refractivity contribution in [1.82, 2.24) is 20.1 Å². The van der Waals surface area contributed by atoms with E-state index in [4.69, 9.17) is 0 Å². The number of fused-ring (bicyclic) bond motifs is 1. The topological polar surface area (TPSA) is 62.7 Å². The second-order valence-electron chi connectivity index (χ2n) is 5.64. The van der Waals surface area contributed by atoms with Crippen molar-refractivity contribution < 1.29 is 4.79 Å². The van der Waals surface area contributed by atoms with Gasteiger partial charge in [0.25, 0.3) is 0 Å². The number of nitrogens with one attached hydrogen (secondary N) is 2. The summed E-state index contributed by atoms with van der Waals surface area (Å²) < 4.78 is 1.75. The summed E-state index contributed by atoms with van der Waals surface area (Å²) in [5.74, 6) is 0.0607. The van der Waals surface area contributed by atoms with Crippen LogP contribution in [0.15, 0.2) is 42.9 Å². The van der Waals surface area contributed by atoms with Crippen LogP contribution in [0.4, 0.5) is 0 Å². The van der Waals surface area contributed by atoms with Gasteiger partial charge in [-0.3, -0.25) is 9.48 Å². The molecule has 1 atom stereocenters. The number of benzene rings is 1. The smallest absolute Gasteiger partial charge is 0.220 e. The minimum Gasteiger partial charge on any atom is -0.361 e. The van der Waals surface area contributed by atoms with E-state index in [1.807, 2.05) is 44.6 Å². The summed E-state index contributed by atoms with van der Waals surface area (Å²) in [5, 5.41) is 8.32. The number of nitrogens with zero attached hydrogens (tertiary/aromatic N) is 2. The number of carbonyl (C=O) groups is 1. The van der Waals surface area contributed by atoms with Gasteiger partial charge in [0.05, 0.1) is 12.2 Å². The van der Waals surface area contributed by atoms with E-state index in [0.717, 1.165) is 22.0 Å². The van der Waals surface area contributed by atoms with Gasteiger partial charge < -0.3 is 10.3 Å². The second kappa shape index (κ2) is 6.05. The molecular formula is C17H20N4O. The fraction of sp³-hybridized carbons (Fsp3) is 0.294. The molecule has 22 heavy (non-hydrogen) atoms. The normalized spacial score (nSPS) is 12.5. The van der Waals surface area contributed by atoms with E-state index in [0.29, 0.717) is 12.8 Å². The summed E-state index contributed by atoms with van der Waals surface area (Å²) in [6.07, 6.45) is 6.85. The highest BCUT2D eigenvalue weighted by atomic mass is 16.1. The van der Waals surface area contributed by atoms with E-state index in [-0.39, 0.29) is 11.9 Å². The Hall–Kier alpha value is -2.56. The van der Waals surface area contributed by atoms with Crippen LogP contribution in [0.5, 0.6) is 0 Å². The number of aromatic amines is 1. The van der Waals surface area contributed by atoms with Gasteiger partial charge in [0.1, 0.15) is 0 Å². The summed E-state index contributed by atoms with van der Waals surface area (Å²) >= 11 is 0. The number of hydrogen-bond donors (Lipinski definition) is 2. The lowest BCUT2D eigenvalue weighted by atomic mass is 10.1. The van der Waals surface area contributed by atoms with Crippen molar-refractivity contribution in [2.75, 3.05) is 0 Å². The molecule has 0 fully saturated rings. The Bertz CT molecular complexity index is 787. The third-order valence-electron chi connectivity index (χ3n) is 3.85. The highest BCUT2D eigenvalue weighted by Gasteiger charge is 2.10. The van der Waals surface area contributed by atoms with Crippen LogP contribution >= 0.6 is 0 Å². The summed E-state index contributed by atoms with van der Waals surface area (Å²) in [5.41, 5.74) is 3.31. The maximum atomic E-state index is 12.1. The number of hydrogen-bond acceptors (Lipinski definition) is 2. The lowest BCUT2D eigenvalue weighted by molar-refractivity contribution is -0.121. The van der Waals surface area contributed by atoms with Crippen LogP contribution in [0, 0.1) is 0 Å². The molecular weight excluding hydrogens is 276 g/mol. The van der Waals surface area contributed by atoms with E-state index < -0.39 is 0 Å². The summed E-state index contributed by atoms with van der Waals surface area (Å²) in [4.78, 5) is 15.2. The molecule has 0 spiro atoms. The molecule has 5 heteroatoms. The zero-order valence-corrected chi connectivity index (χ0v) is 12.8. The molecule has 0 aliphatic carbocycles. The number of H-pyrrole nitrogens is 1. The van der Waals surface area contributed by atoms with Crippen molar-refractivity contribution in [3.05, 3.63) is 54.0 Å². The Morgan fingerprint density at radius 3 is 3.05 bits per heavy atom. The predicted octanol–water partition coefficient (Wildman–Crippen LogP) is 2.71. The first-order valence-electron chi connectivity index (χ1n) is 7.46. The molecule has 5 nitrogen and oxygen atoms in total. The van der Waals surface area contributed by atoms with Gasteiger partial charge in [0.2, 0.25) is 5.91 Å². The van der Waals surface area contributed by atoms with Crippen molar-refractivity contribution in [3.63, 3.8) is 0 Å². The van der Waals surface area contributed by atoms with Gasteiger partial charge in [0.15, 0.2) is 0 Å². The fourth-order valence-corrected chi connectivity index (χ4v) is 2.60. The SMILES string of the molecule is CC(NC(=O)CCc1cnn(C)c1)c1ccc2[nH]ccc2c1. The third kappa shape index (κ3) is 3.19. The Labute approximate surface area is 129 Å². The van der Waals surface area contributed by atoms with Crippen LogP contribution in [0.1, 0.15) is 30.5 Å². The average Bonchev–Trinajstić information content (AvgIpc) is 3.12. The molecule has 2 heterocycles. The number of rotatable bonds is 5. The maximum Gasteiger partial charge on any atom is 0.220 e. The van der Waals surface area contributed by atoms with Crippen LogP contribution in [0.2, 0.25) is 0 Å². The van der Waals surface area contributed by atoms with E-state index in [1.54, 1.807) is 10.9 Å². The first-order chi connectivity index (χ1) is 10.6. The van der Waals surface area contributed by atoms with Gasteiger partial charge in [-0.1, -0.05) is 6.07 Å². The van der Waals surface area contributed by atoms with Crippen molar-refractivity contribution in [1.29, 1.82) is 0 Å². The minimum absolute atomic E-state index is 0.000647. The second-order valence-corrected chi connectivity index (χ2v) is 5.64. The van der Waals surface area contributed by atoms with Crippen molar-refractivity contribution in [2.24, 2.45) is 7.05 Å². The molecule has 0 aliphatic rings. The van der Waals surface area contributed by atoms with Gasteiger partial charge in [-0.2, -0.15) is 5.10 Å². The highest BCUT2D eigenvalue weighted by Crippen LogP contribution is 2.19. The van der Waals surface area contributed by atoms with Crippen molar-refractivity contribution in [2.45, 2.75) is 25.8 Å². The third-order valence-corrected chi connectivity index (χ3v) is 3.85. The molecule has 2 N–H and O–H groups in total. The molecule has 0 radical (unpaired) electrons. The van der Waals surface area contributed by atoms with Gasteiger partial charge in [-0.05, 0) is 48.1 Å². The Balaban J connectivity index is 1.58. The van der Waals surface area contributed by atoms with Gasteiger partial charge >= 0.3 is 0 Å². The van der Waals surface area contributed by atoms with Gasteiger partial charge in [0, 0.05) is 31.4 Å². The first kappa shape index (κ1) is 14.4. The molecule has 114 valence electrons. The van der Waals surface area contributed by atoms with Crippen LogP contribution in [0.3, 0.4) is 0 Å². The zero-order chi connectivity index (χ0) is 15.5. The van der Waals surface area contributed by atoms with Crippen LogP contribution < -0.4 is 5.32 Å². The standard InChI is InChI=1S/C17H20N4O/c1-12(14-4-5-16-15(9-14)7-8-18-16)20-17(22)6-3-13-10-19-21(2)11-13/h4-5,7-12,18H,3,6H2,1-2H3,(H,20,22). The average molecular weight is 296 g/mol. The minimum atomic E-state index is 0.000647. The lowest BCUT2D eigenvalue weighted by Crippen LogP contribution is -2.26. The molecule has 1 aromatic carbocycles. The Morgan fingerprint density at radius 1 is 1.41 bits per heavy atom. The number of amides is 1. The Morgan fingerprint density at radius 2 is 2.27 bits per heavy atom. The largest absolute Gasteiger partial charge is 0.361 e.